The van der Waals surface area contributed by atoms with Gasteiger partial charge in [0, 0.05) is 0 Å². The molecule has 0 spiro atoms. The van der Waals surface area contributed by atoms with Gasteiger partial charge in [0.2, 0.25) is 0 Å². The lowest BCUT2D eigenvalue weighted by atomic mass is 9.67. The van der Waals surface area contributed by atoms with Crippen molar-refractivity contribution < 1.29 is 5.11 Å². The SMILES string of the molecule is CC1CCCCC1N=NC1CCC(N=NC2C(O)CCC3CCCCC32)C(C)C1. The third-order valence-electron chi connectivity index (χ3n) is 8.52. The second kappa shape index (κ2) is 9.98. The highest BCUT2D eigenvalue weighted by molar-refractivity contribution is 4.94. The summed E-state index contributed by atoms with van der Waals surface area (Å²) >= 11 is 0. The van der Waals surface area contributed by atoms with E-state index in [1.807, 2.05) is 0 Å². The summed E-state index contributed by atoms with van der Waals surface area (Å²) in [5, 5.41) is 29.7. The summed E-state index contributed by atoms with van der Waals surface area (Å²) < 4.78 is 0. The molecule has 0 heterocycles. The topological polar surface area (TPSA) is 69.7 Å². The van der Waals surface area contributed by atoms with E-state index in [1.54, 1.807) is 0 Å². The van der Waals surface area contributed by atoms with E-state index >= 15 is 0 Å². The van der Waals surface area contributed by atoms with Crippen LogP contribution in [-0.4, -0.2) is 35.4 Å². The molecule has 4 fully saturated rings. The molecule has 0 aliphatic heterocycles. The Morgan fingerprint density at radius 1 is 0.621 bits per heavy atom. The van der Waals surface area contributed by atoms with Crippen LogP contribution in [0.15, 0.2) is 20.5 Å². The quantitative estimate of drug-likeness (QED) is 0.546. The molecule has 4 saturated carbocycles. The Balaban J connectivity index is 1.30. The van der Waals surface area contributed by atoms with E-state index in [1.165, 1.54) is 57.8 Å². The molecular weight excluding hydrogens is 360 g/mol. The molecule has 9 unspecified atom stereocenters. The molecule has 0 saturated heterocycles. The molecule has 4 aliphatic rings. The Kier molecular flexibility index (Phi) is 7.36. The van der Waals surface area contributed by atoms with Crippen LogP contribution in [-0.2, 0) is 0 Å². The number of fused-ring (bicyclic) bond motifs is 1. The first-order valence-corrected chi connectivity index (χ1v) is 12.6. The van der Waals surface area contributed by atoms with E-state index in [9.17, 15) is 5.11 Å². The van der Waals surface area contributed by atoms with Crippen LogP contribution in [0.2, 0.25) is 0 Å². The van der Waals surface area contributed by atoms with Gasteiger partial charge in [-0.05, 0) is 75.0 Å². The molecule has 0 aromatic rings. The van der Waals surface area contributed by atoms with Crippen molar-refractivity contribution in [2.75, 3.05) is 0 Å². The van der Waals surface area contributed by atoms with E-state index in [2.05, 4.69) is 13.8 Å². The van der Waals surface area contributed by atoms with Gasteiger partial charge in [-0.2, -0.15) is 20.5 Å². The van der Waals surface area contributed by atoms with E-state index in [-0.39, 0.29) is 12.1 Å². The monoisotopic (exact) mass is 402 g/mol. The van der Waals surface area contributed by atoms with E-state index in [4.69, 9.17) is 20.5 Å². The number of azo groups is 2. The predicted molar refractivity (Wildman–Crippen MR) is 116 cm³/mol. The lowest BCUT2D eigenvalue weighted by molar-refractivity contribution is 0.0232. The fourth-order valence-electron chi connectivity index (χ4n) is 6.49. The van der Waals surface area contributed by atoms with Gasteiger partial charge < -0.3 is 5.11 Å². The number of hydrogen-bond acceptors (Lipinski definition) is 5. The van der Waals surface area contributed by atoms with E-state index < -0.39 is 0 Å². The molecule has 0 bridgehead atoms. The highest BCUT2D eigenvalue weighted by Crippen LogP contribution is 2.42. The van der Waals surface area contributed by atoms with Crippen LogP contribution in [0.5, 0.6) is 0 Å². The van der Waals surface area contributed by atoms with Crippen LogP contribution in [0.1, 0.15) is 97.3 Å². The maximum atomic E-state index is 10.6. The molecule has 0 radical (unpaired) electrons. The van der Waals surface area contributed by atoms with Gasteiger partial charge in [-0.1, -0.05) is 46.0 Å². The molecule has 164 valence electrons. The number of hydrogen-bond donors (Lipinski definition) is 1. The molecule has 4 aliphatic carbocycles. The van der Waals surface area contributed by atoms with Crippen LogP contribution < -0.4 is 0 Å². The molecular formula is C24H42N4O. The zero-order valence-electron chi connectivity index (χ0n) is 18.6. The van der Waals surface area contributed by atoms with Crippen molar-refractivity contribution in [1.29, 1.82) is 0 Å². The van der Waals surface area contributed by atoms with Gasteiger partial charge in [0.05, 0.1) is 30.3 Å². The van der Waals surface area contributed by atoms with Crippen molar-refractivity contribution in [3.05, 3.63) is 0 Å². The van der Waals surface area contributed by atoms with Crippen molar-refractivity contribution in [3.8, 4) is 0 Å². The summed E-state index contributed by atoms with van der Waals surface area (Å²) in [7, 11) is 0. The highest BCUT2D eigenvalue weighted by atomic mass is 16.3. The van der Waals surface area contributed by atoms with Gasteiger partial charge in [0.25, 0.3) is 0 Å². The molecule has 0 aromatic heterocycles. The Morgan fingerprint density at radius 3 is 2.17 bits per heavy atom. The average molecular weight is 403 g/mol. The summed E-state index contributed by atoms with van der Waals surface area (Å²) in [6, 6.07) is 1.17. The third kappa shape index (κ3) is 5.26. The smallest absolute Gasteiger partial charge is 0.0997 e. The van der Waals surface area contributed by atoms with Gasteiger partial charge >= 0.3 is 0 Å². The second-order valence-electron chi connectivity index (χ2n) is 10.6. The minimum atomic E-state index is -0.281. The zero-order valence-corrected chi connectivity index (χ0v) is 18.6. The number of rotatable bonds is 4. The van der Waals surface area contributed by atoms with Gasteiger partial charge in [-0.3, -0.25) is 0 Å². The average Bonchev–Trinajstić information content (AvgIpc) is 2.73. The molecule has 29 heavy (non-hydrogen) atoms. The largest absolute Gasteiger partial charge is 0.391 e. The predicted octanol–water partition coefficient (Wildman–Crippen LogP) is 6.36. The van der Waals surface area contributed by atoms with Crippen molar-refractivity contribution in [3.63, 3.8) is 0 Å². The van der Waals surface area contributed by atoms with Crippen LogP contribution in [0, 0.1) is 23.7 Å². The number of nitrogens with zero attached hydrogens (tertiary/aromatic N) is 4. The van der Waals surface area contributed by atoms with E-state index in [0.29, 0.717) is 35.9 Å². The van der Waals surface area contributed by atoms with E-state index in [0.717, 1.165) is 31.6 Å². The molecule has 9 atom stereocenters. The maximum absolute atomic E-state index is 10.6. The lowest BCUT2D eigenvalue weighted by Gasteiger charge is -2.41. The normalized spacial score (nSPS) is 46.8. The Hall–Kier alpha value is -0.840. The molecule has 5 nitrogen and oxygen atoms in total. The Bertz CT molecular complexity index is 579. The number of aliphatic hydroxyl groups excluding tert-OH is 1. The van der Waals surface area contributed by atoms with Gasteiger partial charge in [-0.25, -0.2) is 0 Å². The first-order chi connectivity index (χ1) is 14.1. The summed E-state index contributed by atoms with van der Waals surface area (Å²) in [6.07, 6.45) is 15.4. The van der Waals surface area contributed by atoms with Crippen molar-refractivity contribution in [2.24, 2.45) is 44.1 Å². The Labute approximate surface area is 177 Å². The fourth-order valence-corrected chi connectivity index (χ4v) is 6.49. The minimum absolute atomic E-state index is 0.0476. The van der Waals surface area contributed by atoms with Crippen LogP contribution >= 0.6 is 0 Å². The third-order valence-corrected chi connectivity index (χ3v) is 8.52. The maximum Gasteiger partial charge on any atom is 0.0997 e. The lowest BCUT2D eigenvalue weighted by Crippen LogP contribution is -2.42. The van der Waals surface area contributed by atoms with Crippen LogP contribution in [0.3, 0.4) is 0 Å². The summed E-state index contributed by atoms with van der Waals surface area (Å²) in [6.45, 7) is 4.63. The first kappa shape index (κ1) is 21.4. The molecule has 1 N–H and O–H groups in total. The van der Waals surface area contributed by atoms with Gasteiger partial charge in [0.15, 0.2) is 0 Å². The molecule has 0 aromatic carbocycles. The van der Waals surface area contributed by atoms with Crippen molar-refractivity contribution in [1.82, 2.24) is 0 Å². The van der Waals surface area contributed by atoms with Gasteiger partial charge in [0.1, 0.15) is 0 Å². The van der Waals surface area contributed by atoms with Crippen molar-refractivity contribution in [2.45, 2.75) is 128 Å². The summed E-state index contributed by atoms with van der Waals surface area (Å²) in [4.78, 5) is 0. The first-order valence-electron chi connectivity index (χ1n) is 12.6. The molecule has 4 rings (SSSR count). The second-order valence-corrected chi connectivity index (χ2v) is 10.6. The molecule has 0 amide bonds. The summed E-state index contributed by atoms with van der Waals surface area (Å²) in [5.41, 5.74) is 0. The minimum Gasteiger partial charge on any atom is -0.391 e. The zero-order chi connectivity index (χ0) is 20.2. The van der Waals surface area contributed by atoms with Crippen LogP contribution in [0.4, 0.5) is 0 Å². The summed E-state index contributed by atoms with van der Waals surface area (Å²) in [5.74, 6) is 2.53. The fraction of sp³-hybridized carbons (Fsp3) is 1.00. The number of aliphatic hydroxyl groups is 1. The standard InChI is InChI=1S/C24H42N4O/c1-16-7-3-6-10-21(16)26-25-19-12-13-22(17(2)15-19)27-28-24-20-9-5-4-8-18(20)11-14-23(24)29/h16-24,29H,3-15H2,1-2H3. The molecule has 5 heteroatoms. The van der Waals surface area contributed by atoms with Gasteiger partial charge in [-0.15, -0.1) is 0 Å². The van der Waals surface area contributed by atoms with Crippen molar-refractivity contribution >= 4 is 0 Å². The highest BCUT2D eigenvalue weighted by Gasteiger charge is 2.40. The Morgan fingerprint density at radius 2 is 1.34 bits per heavy atom. The van der Waals surface area contributed by atoms with Crippen LogP contribution in [0.25, 0.3) is 0 Å².